The molecule has 1 fully saturated rings. The number of carbonyl (C=O) groups excluding carboxylic acids is 2. The first-order chi connectivity index (χ1) is 13.8. The van der Waals surface area contributed by atoms with E-state index in [0.717, 1.165) is 0 Å². The molecule has 9 heteroatoms. The molecule has 0 spiro atoms. The van der Waals surface area contributed by atoms with Gasteiger partial charge in [0.2, 0.25) is 5.91 Å². The lowest BCUT2D eigenvalue weighted by atomic mass is 9.87. The summed E-state index contributed by atoms with van der Waals surface area (Å²) in [6.45, 7) is 0.299. The lowest BCUT2D eigenvalue weighted by molar-refractivity contribution is -0.155. The number of likely N-dealkylation sites (tertiary alicyclic amines) is 1. The van der Waals surface area contributed by atoms with Crippen LogP contribution in [0.25, 0.3) is 6.08 Å². The fourth-order valence-corrected chi connectivity index (χ4v) is 3.08. The van der Waals surface area contributed by atoms with Gasteiger partial charge in [-0.3, -0.25) is 4.79 Å². The summed E-state index contributed by atoms with van der Waals surface area (Å²) >= 11 is 0. The third kappa shape index (κ3) is 6.15. The Morgan fingerprint density at radius 2 is 1.97 bits per heavy atom. The molecule has 0 saturated carbocycles. The maximum absolute atomic E-state index is 12.5. The number of nitrogens with zero attached hydrogens (tertiary/aromatic N) is 1. The number of amides is 1. The zero-order chi connectivity index (χ0) is 21.4. The van der Waals surface area contributed by atoms with Crippen molar-refractivity contribution in [3.05, 3.63) is 29.8 Å². The lowest BCUT2D eigenvalue weighted by Gasteiger charge is -2.38. The fourth-order valence-electron chi connectivity index (χ4n) is 3.08. The van der Waals surface area contributed by atoms with E-state index in [1.165, 1.54) is 37.5 Å². The molecule has 0 aliphatic carbocycles. The highest BCUT2D eigenvalue weighted by Gasteiger charge is 2.43. The molecular formula is C20H26F2N2O5. The van der Waals surface area contributed by atoms with E-state index < -0.39 is 24.0 Å². The first-order valence-corrected chi connectivity index (χ1v) is 9.28. The van der Waals surface area contributed by atoms with Gasteiger partial charge in [-0.25, -0.2) is 4.79 Å². The van der Waals surface area contributed by atoms with E-state index in [9.17, 15) is 18.4 Å². The van der Waals surface area contributed by atoms with Crippen LogP contribution in [-0.2, 0) is 14.3 Å². The number of rotatable bonds is 8. The van der Waals surface area contributed by atoms with Gasteiger partial charge in [-0.1, -0.05) is 6.07 Å². The molecule has 1 aromatic carbocycles. The number of piperidine rings is 1. The molecule has 29 heavy (non-hydrogen) atoms. The van der Waals surface area contributed by atoms with Crippen LogP contribution in [0.5, 0.6) is 11.5 Å². The van der Waals surface area contributed by atoms with Crippen LogP contribution in [-0.4, -0.2) is 62.8 Å². The summed E-state index contributed by atoms with van der Waals surface area (Å²) in [6, 6.07) is 4.32. The molecule has 1 aliphatic heterocycles. The summed E-state index contributed by atoms with van der Waals surface area (Å²) in [5.41, 5.74) is -0.511. The maximum atomic E-state index is 12.5. The molecule has 0 atom stereocenters. The maximum Gasteiger partial charge on any atom is 0.387 e. The smallest absolute Gasteiger partial charge is 0.387 e. The molecule has 160 valence electrons. The van der Waals surface area contributed by atoms with Crippen LogP contribution >= 0.6 is 0 Å². The van der Waals surface area contributed by atoms with E-state index in [1.807, 2.05) is 7.05 Å². The molecule has 0 unspecified atom stereocenters. The lowest BCUT2D eigenvalue weighted by Crippen LogP contribution is -2.60. The van der Waals surface area contributed by atoms with Crippen molar-refractivity contribution in [3.8, 4) is 11.5 Å². The van der Waals surface area contributed by atoms with Gasteiger partial charge in [0.05, 0.1) is 13.7 Å². The molecule has 0 aromatic heterocycles. The second-order valence-corrected chi connectivity index (χ2v) is 6.72. The monoisotopic (exact) mass is 412 g/mol. The van der Waals surface area contributed by atoms with Crippen molar-refractivity contribution in [2.75, 3.05) is 33.9 Å². The Balaban J connectivity index is 2.11. The normalized spacial score (nSPS) is 16.6. The van der Waals surface area contributed by atoms with Gasteiger partial charge in [0.1, 0.15) is 5.54 Å². The standard InChI is InChI=1S/C20H26F2N2O5/c1-4-28-18(26)20(9-11-24(2)12-10-20)23-17(25)8-6-14-5-7-15(29-19(21)22)16(13-14)27-3/h5-8,13,19H,4,9-12H2,1-3H3,(H,23,25)/b8-6+. The molecule has 1 aromatic rings. The van der Waals surface area contributed by atoms with E-state index in [0.29, 0.717) is 31.5 Å². The van der Waals surface area contributed by atoms with Crippen molar-refractivity contribution in [2.45, 2.75) is 31.9 Å². The van der Waals surface area contributed by atoms with Crippen LogP contribution in [0.15, 0.2) is 24.3 Å². The Hall–Kier alpha value is -2.68. The highest BCUT2D eigenvalue weighted by Crippen LogP contribution is 2.30. The molecule has 1 heterocycles. The number of methoxy groups -OCH3 is 1. The number of alkyl halides is 2. The van der Waals surface area contributed by atoms with Gasteiger partial charge >= 0.3 is 12.6 Å². The number of halogens is 2. The van der Waals surface area contributed by atoms with Crippen LogP contribution in [0, 0.1) is 0 Å². The van der Waals surface area contributed by atoms with Gasteiger partial charge in [0.15, 0.2) is 11.5 Å². The van der Waals surface area contributed by atoms with Crippen molar-refractivity contribution in [1.29, 1.82) is 0 Å². The number of nitrogens with one attached hydrogen (secondary N) is 1. The SMILES string of the molecule is CCOC(=O)C1(NC(=O)/C=C/c2ccc(OC(F)F)c(OC)c2)CCN(C)CC1. The van der Waals surface area contributed by atoms with Crippen molar-refractivity contribution >= 4 is 18.0 Å². The molecule has 1 N–H and O–H groups in total. The number of hydrogen-bond acceptors (Lipinski definition) is 6. The van der Waals surface area contributed by atoms with Gasteiger partial charge in [-0.15, -0.1) is 0 Å². The fraction of sp³-hybridized carbons (Fsp3) is 0.500. The highest BCUT2D eigenvalue weighted by molar-refractivity contribution is 5.96. The second-order valence-electron chi connectivity index (χ2n) is 6.72. The predicted molar refractivity (Wildman–Crippen MR) is 103 cm³/mol. The van der Waals surface area contributed by atoms with Gasteiger partial charge in [0.25, 0.3) is 0 Å². The predicted octanol–water partition coefficient (Wildman–Crippen LogP) is 2.45. The van der Waals surface area contributed by atoms with Crippen LogP contribution < -0.4 is 14.8 Å². The molecular weight excluding hydrogens is 386 g/mol. The highest BCUT2D eigenvalue weighted by atomic mass is 19.3. The van der Waals surface area contributed by atoms with Crippen molar-refractivity contribution < 1.29 is 32.6 Å². The largest absolute Gasteiger partial charge is 0.493 e. The van der Waals surface area contributed by atoms with Crippen LogP contribution in [0.3, 0.4) is 0 Å². The summed E-state index contributed by atoms with van der Waals surface area (Å²) in [7, 11) is 3.28. The molecule has 7 nitrogen and oxygen atoms in total. The minimum atomic E-state index is -2.97. The molecule has 2 rings (SSSR count). The van der Waals surface area contributed by atoms with Gasteiger partial charge in [-0.2, -0.15) is 8.78 Å². The zero-order valence-electron chi connectivity index (χ0n) is 16.7. The number of ether oxygens (including phenoxy) is 3. The quantitative estimate of drug-likeness (QED) is 0.522. The Labute approximate surface area is 168 Å². The Kier molecular flexibility index (Phi) is 7.95. The molecule has 1 amide bonds. The number of carbonyl (C=O) groups is 2. The van der Waals surface area contributed by atoms with Crippen molar-refractivity contribution in [3.63, 3.8) is 0 Å². The first-order valence-electron chi connectivity index (χ1n) is 9.28. The van der Waals surface area contributed by atoms with E-state index in [1.54, 1.807) is 6.92 Å². The average Bonchev–Trinajstić information content (AvgIpc) is 2.69. The Morgan fingerprint density at radius 1 is 1.28 bits per heavy atom. The number of benzene rings is 1. The van der Waals surface area contributed by atoms with Gasteiger partial charge in [-0.05, 0) is 50.6 Å². The van der Waals surface area contributed by atoms with Crippen LogP contribution in [0.1, 0.15) is 25.3 Å². The van der Waals surface area contributed by atoms with E-state index in [2.05, 4.69) is 15.0 Å². The third-order valence-corrected chi connectivity index (χ3v) is 4.70. The zero-order valence-corrected chi connectivity index (χ0v) is 16.7. The molecule has 0 radical (unpaired) electrons. The first kappa shape index (κ1) is 22.6. The van der Waals surface area contributed by atoms with E-state index >= 15 is 0 Å². The topological polar surface area (TPSA) is 77.1 Å². The summed E-state index contributed by atoms with van der Waals surface area (Å²) in [4.78, 5) is 27.0. The third-order valence-electron chi connectivity index (χ3n) is 4.70. The summed E-state index contributed by atoms with van der Waals surface area (Å²) < 4.78 is 39.4. The van der Waals surface area contributed by atoms with Gasteiger partial charge in [0, 0.05) is 19.2 Å². The second kappa shape index (κ2) is 10.2. The van der Waals surface area contributed by atoms with Gasteiger partial charge < -0.3 is 24.4 Å². The van der Waals surface area contributed by atoms with Crippen LogP contribution in [0.2, 0.25) is 0 Å². The average molecular weight is 412 g/mol. The Bertz CT molecular complexity index is 746. The molecule has 0 bridgehead atoms. The Morgan fingerprint density at radius 3 is 2.55 bits per heavy atom. The van der Waals surface area contributed by atoms with Crippen molar-refractivity contribution in [2.24, 2.45) is 0 Å². The number of esters is 1. The van der Waals surface area contributed by atoms with E-state index in [4.69, 9.17) is 9.47 Å². The molecule has 1 aliphatic rings. The minimum absolute atomic E-state index is 0.100. The number of hydrogen-bond donors (Lipinski definition) is 1. The molecule has 1 saturated heterocycles. The van der Waals surface area contributed by atoms with Crippen LogP contribution in [0.4, 0.5) is 8.78 Å². The minimum Gasteiger partial charge on any atom is -0.493 e. The summed E-state index contributed by atoms with van der Waals surface area (Å²) in [6.07, 6.45) is 3.68. The van der Waals surface area contributed by atoms with Crippen molar-refractivity contribution in [1.82, 2.24) is 10.2 Å². The van der Waals surface area contributed by atoms with E-state index in [-0.39, 0.29) is 18.1 Å². The summed E-state index contributed by atoms with van der Waals surface area (Å²) in [5.74, 6) is -0.873. The summed E-state index contributed by atoms with van der Waals surface area (Å²) in [5, 5.41) is 2.79.